The molecule has 0 aliphatic carbocycles. The number of piperazine rings is 1. The van der Waals surface area contributed by atoms with Crippen molar-refractivity contribution in [2.45, 2.75) is 6.54 Å². The zero-order valence-electron chi connectivity index (χ0n) is 16.1. The summed E-state index contributed by atoms with van der Waals surface area (Å²) in [6.07, 6.45) is 4.63. The minimum absolute atomic E-state index is 0.0765. The number of rotatable bonds is 5. The predicted octanol–water partition coefficient (Wildman–Crippen LogP) is 1.60. The van der Waals surface area contributed by atoms with E-state index in [-0.39, 0.29) is 16.6 Å². The molecule has 0 atom stereocenters. The van der Waals surface area contributed by atoms with Crippen LogP contribution >= 0.6 is 0 Å². The van der Waals surface area contributed by atoms with E-state index in [1.165, 1.54) is 12.4 Å². The van der Waals surface area contributed by atoms with Gasteiger partial charge in [-0.1, -0.05) is 18.2 Å². The molecule has 0 radical (unpaired) electrons. The van der Waals surface area contributed by atoms with E-state index in [9.17, 15) is 14.9 Å². The average molecular weight is 408 g/mol. The van der Waals surface area contributed by atoms with Gasteiger partial charge >= 0.3 is 6.03 Å². The summed E-state index contributed by atoms with van der Waals surface area (Å²) in [7, 11) is 0. The van der Waals surface area contributed by atoms with Crippen LogP contribution in [-0.2, 0) is 6.54 Å². The van der Waals surface area contributed by atoms with Crippen LogP contribution in [-0.4, -0.2) is 61.8 Å². The van der Waals surface area contributed by atoms with Crippen LogP contribution in [0.5, 0.6) is 0 Å². The number of hydrogen-bond acceptors (Lipinski definition) is 7. The van der Waals surface area contributed by atoms with Gasteiger partial charge in [-0.25, -0.2) is 19.4 Å². The first-order chi connectivity index (χ1) is 14.6. The summed E-state index contributed by atoms with van der Waals surface area (Å²) >= 11 is 0. The van der Waals surface area contributed by atoms with E-state index < -0.39 is 0 Å². The zero-order valence-corrected chi connectivity index (χ0v) is 16.1. The number of benzene rings is 1. The molecule has 4 rings (SSSR count). The highest BCUT2D eigenvalue weighted by molar-refractivity contribution is 5.75. The normalized spacial score (nSPS) is 13.9. The summed E-state index contributed by atoms with van der Waals surface area (Å²) in [6, 6.07) is 10.1. The van der Waals surface area contributed by atoms with Crippen LogP contribution < -0.4 is 10.2 Å². The number of urea groups is 1. The molecule has 2 aromatic heterocycles. The third-order valence-corrected chi connectivity index (χ3v) is 4.92. The van der Waals surface area contributed by atoms with Crippen molar-refractivity contribution >= 4 is 17.4 Å². The van der Waals surface area contributed by atoms with Crippen molar-refractivity contribution in [3.8, 4) is 5.82 Å². The minimum atomic E-state index is -0.380. The van der Waals surface area contributed by atoms with Gasteiger partial charge in [0.25, 0.3) is 5.69 Å². The van der Waals surface area contributed by atoms with Crippen molar-refractivity contribution < 1.29 is 9.72 Å². The van der Waals surface area contributed by atoms with Gasteiger partial charge in [-0.15, -0.1) is 0 Å². The molecule has 11 heteroatoms. The first-order valence-electron chi connectivity index (χ1n) is 9.43. The number of nitro groups is 1. The molecular formula is C19H20N8O3. The van der Waals surface area contributed by atoms with Crippen LogP contribution in [0, 0.1) is 10.1 Å². The van der Waals surface area contributed by atoms with Crippen molar-refractivity contribution in [1.29, 1.82) is 0 Å². The van der Waals surface area contributed by atoms with Gasteiger partial charge in [-0.3, -0.25) is 10.1 Å². The molecule has 30 heavy (non-hydrogen) atoms. The fourth-order valence-electron chi connectivity index (χ4n) is 3.41. The Hall–Kier alpha value is -4.02. The maximum atomic E-state index is 12.6. The standard InChI is InChI=1S/C19H20N8O3/c28-19(22-12-15-4-3-7-21-18(15)26-14-20-13-23-26)25-10-8-24(9-11-25)16-5-1-2-6-17(16)27(29)30/h1-7,13-14H,8-12H2,(H,22,28). The number of carbonyl (C=O) groups excluding carboxylic acids is 1. The molecule has 3 aromatic rings. The monoisotopic (exact) mass is 408 g/mol. The molecule has 1 fully saturated rings. The molecule has 3 heterocycles. The van der Waals surface area contributed by atoms with E-state index in [1.54, 1.807) is 46.4 Å². The van der Waals surface area contributed by atoms with Gasteiger partial charge in [0.2, 0.25) is 0 Å². The Bertz CT molecular complexity index is 1030. The molecule has 11 nitrogen and oxygen atoms in total. The Morgan fingerprint density at radius 2 is 1.93 bits per heavy atom. The maximum Gasteiger partial charge on any atom is 0.317 e. The summed E-state index contributed by atoms with van der Waals surface area (Å²) in [4.78, 5) is 35.4. The van der Waals surface area contributed by atoms with Gasteiger partial charge in [0.1, 0.15) is 18.3 Å². The first-order valence-corrected chi connectivity index (χ1v) is 9.43. The van der Waals surface area contributed by atoms with E-state index in [4.69, 9.17) is 0 Å². The Morgan fingerprint density at radius 1 is 1.13 bits per heavy atom. The van der Waals surface area contributed by atoms with Gasteiger partial charge < -0.3 is 15.1 Å². The van der Waals surface area contributed by atoms with Crippen LogP contribution in [0.4, 0.5) is 16.2 Å². The second kappa shape index (κ2) is 8.55. The van der Waals surface area contributed by atoms with Crippen LogP contribution in [0.2, 0.25) is 0 Å². The number of pyridine rings is 1. The predicted molar refractivity (Wildman–Crippen MR) is 108 cm³/mol. The molecule has 2 amide bonds. The SMILES string of the molecule is O=C(NCc1cccnc1-n1cncn1)N1CCN(c2ccccc2[N+](=O)[O-])CC1. The maximum absolute atomic E-state index is 12.6. The second-order valence-corrected chi connectivity index (χ2v) is 6.70. The molecule has 1 aliphatic heterocycles. The summed E-state index contributed by atoms with van der Waals surface area (Å²) in [5.74, 6) is 0.608. The number of hydrogen-bond donors (Lipinski definition) is 1. The van der Waals surface area contributed by atoms with Crippen molar-refractivity contribution in [2.75, 3.05) is 31.1 Å². The topological polar surface area (TPSA) is 122 Å². The van der Waals surface area contributed by atoms with E-state index in [0.29, 0.717) is 44.2 Å². The van der Waals surface area contributed by atoms with E-state index in [2.05, 4.69) is 20.4 Å². The Labute approximate surface area is 172 Å². The van der Waals surface area contributed by atoms with Crippen LogP contribution in [0.1, 0.15) is 5.56 Å². The number of anilines is 1. The van der Waals surface area contributed by atoms with Crippen molar-refractivity contribution in [3.05, 3.63) is 70.9 Å². The Balaban J connectivity index is 1.36. The third kappa shape index (κ3) is 4.04. The highest BCUT2D eigenvalue weighted by Gasteiger charge is 2.25. The van der Waals surface area contributed by atoms with E-state index >= 15 is 0 Å². The van der Waals surface area contributed by atoms with Gasteiger partial charge in [-0.05, 0) is 12.1 Å². The number of amides is 2. The van der Waals surface area contributed by atoms with E-state index in [0.717, 1.165) is 5.56 Å². The number of aromatic nitrogens is 4. The van der Waals surface area contributed by atoms with Gasteiger partial charge in [0, 0.05) is 50.6 Å². The second-order valence-electron chi connectivity index (χ2n) is 6.70. The largest absolute Gasteiger partial charge is 0.362 e. The minimum Gasteiger partial charge on any atom is -0.362 e. The quantitative estimate of drug-likeness (QED) is 0.502. The van der Waals surface area contributed by atoms with Crippen LogP contribution in [0.15, 0.2) is 55.2 Å². The molecule has 0 saturated carbocycles. The molecule has 1 saturated heterocycles. The van der Waals surface area contributed by atoms with Crippen molar-refractivity contribution in [3.63, 3.8) is 0 Å². The molecule has 1 N–H and O–H groups in total. The number of nitrogens with zero attached hydrogens (tertiary/aromatic N) is 7. The zero-order chi connectivity index (χ0) is 20.9. The lowest BCUT2D eigenvalue weighted by molar-refractivity contribution is -0.384. The van der Waals surface area contributed by atoms with Gasteiger partial charge in [0.05, 0.1) is 4.92 Å². The fourth-order valence-corrected chi connectivity index (χ4v) is 3.41. The van der Waals surface area contributed by atoms with Gasteiger partial charge in [-0.2, -0.15) is 5.10 Å². The summed E-state index contributed by atoms with van der Waals surface area (Å²) in [5.41, 5.74) is 1.47. The lowest BCUT2D eigenvalue weighted by atomic mass is 10.2. The number of nitro benzene ring substituents is 1. The Morgan fingerprint density at radius 3 is 2.67 bits per heavy atom. The molecule has 1 aromatic carbocycles. The highest BCUT2D eigenvalue weighted by Crippen LogP contribution is 2.28. The van der Waals surface area contributed by atoms with Crippen LogP contribution in [0.25, 0.3) is 5.82 Å². The summed E-state index contributed by atoms with van der Waals surface area (Å²) < 4.78 is 1.55. The lowest BCUT2D eigenvalue weighted by Gasteiger charge is -2.35. The Kier molecular flexibility index (Phi) is 5.50. The molecule has 0 spiro atoms. The van der Waals surface area contributed by atoms with Crippen molar-refractivity contribution in [2.24, 2.45) is 0 Å². The fraction of sp³-hybridized carbons (Fsp3) is 0.263. The van der Waals surface area contributed by atoms with Crippen molar-refractivity contribution in [1.82, 2.24) is 30.0 Å². The first kappa shape index (κ1) is 19.3. The molecule has 0 bridgehead atoms. The smallest absolute Gasteiger partial charge is 0.317 e. The van der Waals surface area contributed by atoms with E-state index in [1.807, 2.05) is 11.0 Å². The van der Waals surface area contributed by atoms with Gasteiger partial charge in [0.15, 0.2) is 5.82 Å². The molecular weight excluding hydrogens is 388 g/mol. The number of carbonyl (C=O) groups is 1. The highest BCUT2D eigenvalue weighted by atomic mass is 16.6. The molecule has 1 aliphatic rings. The summed E-state index contributed by atoms with van der Waals surface area (Å²) in [6.45, 7) is 2.29. The molecule has 154 valence electrons. The third-order valence-electron chi connectivity index (χ3n) is 4.92. The lowest BCUT2D eigenvalue weighted by Crippen LogP contribution is -2.51. The average Bonchev–Trinajstić information content (AvgIpc) is 3.32. The number of nitrogens with one attached hydrogen (secondary N) is 1. The number of para-hydroxylation sites is 2. The molecule has 0 unspecified atom stereocenters. The summed E-state index contributed by atoms with van der Waals surface area (Å²) in [5, 5.41) is 18.3. The van der Waals surface area contributed by atoms with Crippen LogP contribution in [0.3, 0.4) is 0 Å².